The Morgan fingerprint density at radius 2 is 0.870 bits per heavy atom. The number of furan rings is 2. The smallest absolute Gasteiger partial charge is 0.147 e. The second-order valence-corrected chi connectivity index (χ2v) is 12.0. The summed E-state index contributed by atoms with van der Waals surface area (Å²) >= 11 is 0. The van der Waals surface area contributed by atoms with E-state index in [0.29, 0.717) is 0 Å². The largest absolute Gasteiger partial charge is 0.456 e. The average molecular weight is 587 g/mol. The average Bonchev–Trinajstić information content (AvgIpc) is 3.69. The molecule has 10 aromatic rings. The normalized spacial score (nSPS) is 11.9. The van der Waals surface area contributed by atoms with Gasteiger partial charge in [-0.05, 0) is 68.1 Å². The van der Waals surface area contributed by atoms with Crippen molar-refractivity contribution in [2.75, 3.05) is 0 Å². The highest BCUT2D eigenvalue weighted by Gasteiger charge is 2.22. The van der Waals surface area contributed by atoms with Crippen LogP contribution in [0, 0.1) is 0 Å². The molecule has 2 heteroatoms. The molecule has 46 heavy (non-hydrogen) atoms. The van der Waals surface area contributed by atoms with Crippen LogP contribution in [0.1, 0.15) is 0 Å². The predicted molar refractivity (Wildman–Crippen MR) is 192 cm³/mol. The summed E-state index contributed by atoms with van der Waals surface area (Å²) in [7, 11) is 0. The Labute approximate surface area is 264 Å². The van der Waals surface area contributed by atoms with Gasteiger partial charge in [0.05, 0.1) is 5.39 Å². The topological polar surface area (TPSA) is 26.3 Å². The van der Waals surface area contributed by atoms with Crippen LogP contribution in [0.15, 0.2) is 167 Å². The molecule has 0 aliphatic carbocycles. The zero-order valence-corrected chi connectivity index (χ0v) is 24.8. The molecule has 214 valence electrons. The number of hydrogen-bond donors (Lipinski definition) is 0. The zero-order chi connectivity index (χ0) is 30.2. The molecule has 0 saturated heterocycles. The Hall–Kier alpha value is -6.12. The third-order valence-corrected chi connectivity index (χ3v) is 9.46. The summed E-state index contributed by atoms with van der Waals surface area (Å²) in [5.74, 6) is 0. The number of rotatable bonds is 3. The molecule has 0 spiro atoms. The standard InChI is InChI=1S/C44H26O2/c1-2-12-27(13-3-1)28-14-10-15-29(26-28)40-30-16-4-6-18-32(30)41(33-19-7-5-17-31(33)40)37-22-11-21-34-35-24-25-39-42(44(35)46-43(34)37)36-20-8-9-23-38(36)45-39/h1-26H. The molecule has 0 fully saturated rings. The molecule has 0 bridgehead atoms. The molecule has 0 radical (unpaired) electrons. The van der Waals surface area contributed by atoms with E-state index in [9.17, 15) is 0 Å². The molecule has 0 aliphatic heterocycles. The van der Waals surface area contributed by atoms with Gasteiger partial charge in [0.1, 0.15) is 22.3 Å². The minimum Gasteiger partial charge on any atom is -0.456 e. The van der Waals surface area contributed by atoms with Gasteiger partial charge in [0.15, 0.2) is 0 Å². The summed E-state index contributed by atoms with van der Waals surface area (Å²) in [4.78, 5) is 0. The van der Waals surface area contributed by atoms with Gasteiger partial charge in [-0.1, -0.05) is 133 Å². The van der Waals surface area contributed by atoms with E-state index in [1.54, 1.807) is 0 Å². The van der Waals surface area contributed by atoms with Crippen molar-refractivity contribution in [3.05, 3.63) is 158 Å². The van der Waals surface area contributed by atoms with Crippen molar-refractivity contribution < 1.29 is 8.83 Å². The summed E-state index contributed by atoms with van der Waals surface area (Å²) in [6, 6.07) is 56.1. The van der Waals surface area contributed by atoms with Crippen molar-refractivity contribution in [1.29, 1.82) is 0 Å². The third-order valence-electron chi connectivity index (χ3n) is 9.46. The van der Waals surface area contributed by atoms with Gasteiger partial charge in [0, 0.05) is 27.3 Å². The first-order valence-corrected chi connectivity index (χ1v) is 15.7. The first-order valence-electron chi connectivity index (χ1n) is 15.7. The fraction of sp³-hybridized carbons (Fsp3) is 0. The van der Waals surface area contributed by atoms with Crippen molar-refractivity contribution >= 4 is 65.4 Å². The summed E-state index contributed by atoms with van der Waals surface area (Å²) < 4.78 is 13.2. The van der Waals surface area contributed by atoms with Crippen LogP contribution in [-0.2, 0) is 0 Å². The Kier molecular flexibility index (Phi) is 5.31. The highest BCUT2D eigenvalue weighted by atomic mass is 16.3. The maximum Gasteiger partial charge on any atom is 0.147 e. The molecule has 2 nitrogen and oxygen atoms in total. The van der Waals surface area contributed by atoms with E-state index in [-0.39, 0.29) is 0 Å². The second-order valence-electron chi connectivity index (χ2n) is 12.0. The lowest BCUT2D eigenvalue weighted by Gasteiger charge is -2.18. The molecule has 8 aromatic carbocycles. The molecule has 2 aromatic heterocycles. The number of fused-ring (bicyclic) bond motifs is 9. The first kappa shape index (κ1) is 25.2. The summed E-state index contributed by atoms with van der Waals surface area (Å²) in [6.45, 7) is 0. The van der Waals surface area contributed by atoms with E-state index in [2.05, 4.69) is 146 Å². The van der Waals surface area contributed by atoms with Crippen molar-refractivity contribution in [3.63, 3.8) is 0 Å². The van der Waals surface area contributed by atoms with Crippen LogP contribution < -0.4 is 0 Å². The SMILES string of the molecule is c1ccc(-c2cccc(-c3c4ccccc4c(-c4cccc5c4oc4c5ccc5oc6ccccc6c54)c4ccccc34)c2)cc1. The highest BCUT2D eigenvalue weighted by molar-refractivity contribution is 6.26. The van der Waals surface area contributed by atoms with Gasteiger partial charge in [-0.3, -0.25) is 0 Å². The van der Waals surface area contributed by atoms with Crippen LogP contribution in [0.3, 0.4) is 0 Å². The quantitative estimate of drug-likeness (QED) is 0.193. The highest BCUT2D eigenvalue weighted by Crippen LogP contribution is 2.48. The van der Waals surface area contributed by atoms with Gasteiger partial charge >= 0.3 is 0 Å². The van der Waals surface area contributed by atoms with Crippen LogP contribution in [0.25, 0.3) is 98.8 Å². The van der Waals surface area contributed by atoms with Gasteiger partial charge in [0.25, 0.3) is 0 Å². The van der Waals surface area contributed by atoms with Crippen LogP contribution >= 0.6 is 0 Å². The molecule has 0 atom stereocenters. The number of benzene rings is 8. The minimum atomic E-state index is 0.840. The van der Waals surface area contributed by atoms with Gasteiger partial charge in [0.2, 0.25) is 0 Å². The fourth-order valence-electron chi connectivity index (χ4n) is 7.48. The maximum atomic E-state index is 6.94. The Bertz CT molecular complexity index is 2740. The molecule has 0 aliphatic rings. The van der Waals surface area contributed by atoms with Crippen molar-refractivity contribution in [2.24, 2.45) is 0 Å². The predicted octanol–water partition coefficient (Wildman–Crippen LogP) is 12.8. The third kappa shape index (κ3) is 3.59. The zero-order valence-electron chi connectivity index (χ0n) is 24.8. The molecule has 0 N–H and O–H groups in total. The molecule has 2 heterocycles. The van der Waals surface area contributed by atoms with Gasteiger partial charge < -0.3 is 8.83 Å². The Morgan fingerprint density at radius 3 is 1.63 bits per heavy atom. The Balaban J connectivity index is 1.30. The van der Waals surface area contributed by atoms with Crippen molar-refractivity contribution in [2.45, 2.75) is 0 Å². The molecule has 0 unspecified atom stereocenters. The molecular formula is C44H26O2. The van der Waals surface area contributed by atoms with E-state index >= 15 is 0 Å². The second kappa shape index (κ2) is 9.69. The minimum absolute atomic E-state index is 0.840. The number of hydrogen-bond acceptors (Lipinski definition) is 2. The van der Waals surface area contributed by atoms with Crippen LogP contribution in [0.5, 0.6) is 0 Å². The molecule has 0 saturated carbocycles. The molecule has 0 amide bonds. The van der Waals surface area contributed by atoms with Crippen molar-refractivity contribution in [3.8, 4) is 33.4 Å². The maximum absolute atomic E-state index is 6.94. The summed E-state index contributed by atoms with van der Waals surface area (Å²) in [5, 5.41) is 9.14. The molecular weight excluding hydrogens is 560 g/mol. The van der Waals surface area contributed by atoms with Crippen LogP contribution in [0.2, 0.25) is 0 Å². The lowest BCUT2D eigenvalue weighted by Crippen LogP contribution is -1.91. The van der Waals surface area contributed by atoms with E-state index in [0.717, 1.165) is 49.4 Å². The van der Waals surface area contributed by atoms with E-state index in [4.69, 9.17) is 8.83 Å². The van der Waals surface area contributed by atoms with Gasteiger partial charge in [-0.25, -0.2) is 0 Å². The lowest BCUT2D eigenvalue weighted by molar-refractivity contribution is 0.663. The van der Waals surface area contributed by atoms with E-state index in [1.165, 1.54) is 49.4 Å². The van der Waals surface area contributed by atoms with E-state index < -0.39 is 0 Å². The summed E-state index contributed by atoms with van der Waals surface area (Å²) in [6.07, 6.45) is 0. The van der Waals surface area contributed by atoms with Crippen LogP contribution in [0.4, 0.5) is 0 Å². The van der Waals surface area contributed by atoms with Gasteiger partial charge in [-0.2, -0.15) is 0 Å². The van der Waals surface area contributed by atoms with Gasteiger partial charge in [-0.15, -0.1) is 0 Å². The summed E-state index contributed by atoms with van der Waals surface area (Å²) in [5.41, 5.74) is 10.6. The van der Waals surface area contributed by atoms with Crippen molar-refractivity contribution in [1.82, 2.24) is 0 Å². The van der Waals surface area contributed by atoms with Crippen LogP contribution in [-0.4, -0.2) is 0 Å². The Morgan fingerprint density at radius 1 is 0.304 bits per heavy atom. The van der Waals surface area contributed by atoms with E-state index in [1.807, 2.05) is 12.1 Å². The first-order chi connectivity index (χ1) is 22.8. The fourth-order valence-corrected chi connectivity index (χ4v) is 7.48. The monoisotopic (exact) mass is 586 g/mol. The molecule has 10 rings (SSSR count). The lowest BCUT2D eigenvalue weighted by atomic mass is 9.85. The number of para-hydroxylation sites is 2.